The summed E-state index contributed by atoms with van der Waals surface area (Å²) < 4.78 is 13.9. The van der Waals surface area contributed by atoms with E-state index in [-0.39, 0.29) is 35.2 Å². The fourth-order valence-electron chi connectivity index (χ4n) is 13.3. The van der Waals surface area contributed by atoms with Crippen LogP contribution < -0.4 is 11.1 Å². The second kappa shape index (κ2) is 16.8. The number of hydrogen-bond acceptors (Lipinski definition) is 4. The SMILES string of the molecule is C=CC.CC(=O)c1cc(CCNC(=O)c2cccc(CC34CCCC3C3CCC5C(C)(CCC6C(C)(C)C(O)CCC65C)C3CC4)c2)ccc1F.NC=O. The Kier molecular flexibility index (Phi) is 13.0. The normalized spacial score (nSPS) is 34.4. The monoisotopic (exact) mass is 743 g/mol. The van der Waals surface area contributed by atoms with Crippen LogP contribution in [0, 0.1) is 57.1 Å². The summed E-state index contributed by atoms with van der Waals surface area (Å²) in [5, 5.41) is 14.1. The Labute approximate surface area is 324 Å². The van der Waals surface area contributed by atoms with E-state index in [1.807, 2.05) is 19.1 Å². The molecule has 7 heteroatoms. The first kappa shape index (κ1) is 41.8. The van der Waals surface area contributed by atoms with Crippen molar-refractivity contribution in [3.63, 3.8) is 0 Å². The molecule has 6 nitrogen and oxygen atoms in total. The number of primary amides is 1. The number of halogens is 1. The van der Waals surface area contributed by atoms with Crippen molar-refractivity contribution in [2.75, 3.05) is 6.54 Å². The van der Waals surface area contributed by atoms with E-state index in [1.165, 1.54) is 82.8 Å². The van der Waals surface area contributed by atoms with Crippen LogP contribution in [0.15, 0.2) is 55.1 Å². The predicted octanol–water partition coefficient (Wildman–Crippen LogP) is 9.66. The van der Waals surface area contributed by atoms with Crippen molar-refractivity contribution in [2.45, 2.75) is 131 Å². The minimum Gasteiger partial charge on any atom is -0.393 e. The standard InChI is InChI=1S/C43H58FNO3.C3H6.CH3NO/c1-27(46)32-25-28(11-13-35(32)44)18-23-45-39(48)30-9-6-8-29(24-30)26-43-19-7-10-34(43)31-12-14-37-41(4,33(31)15-22-43)20-16-36-40(2,3)38(47)17-21-42(36,37)5;1-3-2;2-1-3/h6,8-9,11,13,24-25,31,33-34,36-38,47H,7,10,12,14-23,26H2,1-5H3,(H,45,48);3H,1H2,2H3;1H,(H2,2,3). The van der Waals surface area contributed by atoms with Crippen molar-refractivity contribution in [3.05, 3.63) is 83.2 Å². The number of allylic oxidation sites excluding steroid dienone is 1. The molecule has 0 radical (unpaired) electrons. The van der Waals surface area contributed by atoms with Crippen LogP contribution in [-0.4, -0.2) is 35.9 Å². The van der Waals surface area contributed by atoms with Gasteiger partial charge in [-0.25, -0.2) is 4.39 Å². The molecule has 4 N–H and O–H groups in total. The van der Waals surface area contributed by atoms with Gasteiger partial charge in [-0.2, -0.15) is 0 Å². The number of carbonyl (C=O) groups is 3. The minimum absolute atomic E-state index is 0.00668. The molecule has 0 spiro atoms. The zero-order valence-corrected chi connectivity index (χ0v) is 33.9. The van der Waals surface area contributed by atoms with E-state index < -0.39 is 5.82 Å². The first-order valence-corrected chi connectivity index (χ1v) is 20.7. The molecule has 0 saturated heterocycles. The highest BCUT2D eigenvalue weighted by atomic mass is 19.1. The molecule has 5 fully saturated rings. The van der Waals surface area contributed by atoms with Gasteiger partial charge in [-0.3, -0.25) is 14.4 Å². The van der Waals surface area contributed by atoms with Gasteiger partial charge in [0.15, 0.2) is 5.78 Å². The van der Waals surface area contributed by atoms with Gasteiger partial charge >= 0.3 is 0 Å². The number of rotatable bonds is 7. The lowest BCUT2D eigenvalue weighted by molar-refractivity contribution is -0.214. The summed E-state index contributed by atoms with van der Waals surface area (Å²) in [6, 6.07) is 12.9. The molecule has 9 atom stereocenters. The van der Waals surface area contributed by atoms with Crippen LogP contribution in [0.3, 0.4) is 0 Å². The van der Waals surface area contributed by atoms with Gasteiger partial charge in [0.1, 0.15) is 5.82 Å². The van der Waals surface area contributed by atoms with Gasteiger partial charge in [0.25, 0.3) is 5.91 Å². The summed E-state index contributed by atoms with van der Waals surface area (Å²) in [4.78, 5) is 33.6. The highest BCUT2D eigenvalue weighted by Crippen LogP contribution is 2.73. The summed E-state index contributed by atoms with van der Waals surface area (Å²) in [5.74, 6) is 2.90. The van der Waals surface area contributed by atoms with Gasteiger partial charge in [0.2, 0.25) is 6.41 Å². The van der Waals surface area contributed by atoms with Crippen molar-refractivity contribution in [3.8, 4) is 0 Å². The molecule has 5 aliphatic carbocycles. The van der Waals surface area contributed by atoms with Crippen molar-refractivity contribution in [1.82, 2.24) is 5.32 Å². The van der Waals surface area contributed by atoms with E-state index >= 15 is 0 Å². The Morgan fingerprint density at radius 3 is 2.31 bits per heavy atom. The molecular weight excluding hydrogens is 676 g/mol. The van der Waals surface area contributed by atoms with E-state index in [0.717, 1.165) is 42.1 Å². The maximum absolute atomic E-state index is 13.9. The number of aliphatic hydroxyl groups excluding tert-OH is 1. The van der Waals surface area contributed by atoms with Crippen LogP contribution in [0.1, 0.15) is 144 Å². The van der Waals surface area contributed by atoms with Gasteiger partial charge in [-0.15, -0.1) is 6.58 Å². The third-order valence-electron chi connectivity index (χ3n) is 15.5. The Morgan fingerprint density at radius 1 is 0.907 bits per heavy atom. The molecule has 5 aliphatic rings. The van der Waals surface area contributed by atoms with E-state index in [9.17, 15) is 19.1 Å². The minimum atomic E-state index is -0.502. The van der Waals surface area contributed by atoms with Crippen LogP contribution in [0.25, 0.3) is 0 Å². The largest absolute Gasteiger partial charge is 0.393 e. The zero-order valence-electron chi connectivity index (χ0n) is 33.9. The van der Waals surface area contributed by atoms with Gasteiger partial charge in [0.05, 0.1) is 11.7 Å². The number of nitrogens with one attached hydrogen (secondary N) is 1. The molecule has 2 amide bonds. The zero-order chi connectivity index (χ0) is 39.5. The quantitative estimate of drug-likeness (QED) is 0.149. The molecule has 2 aromatic rings. The average Bonchev–Trinajstić information content (AvgIpc) is 3.55. The van der Waals surface area contributed by atoms with Crippen molar-refractivity contribution >= 4 is 18.1 Å². The highest BCUT2D eigenvalue weighted by Gasteiger charge is 2.66. The first-order valence-electron chi connectivity index (χ1n) is 20.7. The Balaban J connectivity index is 0.000000878. The number of benzene rings is 2. The topological polar surface area (TPSA) is 109 Å². The van der Waals surface area contributed by atoms with Gasteiger partial charge in [0, 0.05) is 12.1 Å². The maximum Gasteiger partial charge on any atom is 0.251 e. The number of ketones is 1. The molecule has 5 saturated carbocycles. The Hall–Kier alpha value is -3.32. The van der Waals surface area contributed by atoms with Crippen LogP contribution >= 0.6 is 0 Å². The number of hydrogen-bond donors (Lipinski definition) is 3. The van der Waals surface area contributed by atoms with Crippen LogP contribution in [0.4, 0.5) is 4.39 Å². The maximum atomic E-state index is 13.9. The molecule has 7 rings (SSSR count). The summed E-state index contributed by atoms with van der Waals surface area (Å²) in [7, 11) is 0. The smallest absolute Gasteiger partial charge is 0.251 e. The number of aliphatic hydroxyl groups is 1. The lowest BCUT2D eigenvalue weighted by atomic mass is 9.36. The fourth-order valence-corrected chi connectivity index (χ4v) is 13.3. The predicted molar refractivity (Wildman–Crippen MR) is 215 cm³/mol. The van der Waals surface area contributed by atoms with Crippen molar-refractivity contribution < 1.29 is 23.9 Å². The fraction of sp³-hybridized carbons (Fsp3) is 0.638. The van der Waals surface area contributed by atoms with E-state index in [0.29, 0.717) is 40.7 Å². The Bertz CT molecular complexity index is 1670. The number of nitrogens with two attached hydrogens (primary N) is 1. The molecule has 0 aromatic heterocycles. The molecule has 0 bridgehead atoms. The number of fused-ring (bicyclic) bond motifs is 7. The Morgan fingerprint density at radius 2 is 1.61 bits per heavy atom. The molecule has 54 heavy (non-hydrogen) atoms. The lowest BCUT2D eigenvalue weighted by Gasteiger charge is -2.69. The molecule has 296 valence electrons. The van der Waals surface area contributed by atoms with Gasteiger partial charge in [-0.05, 0) is 178 Å². The van der Waals surface area contributed by atoms with Crippen LogP contribution in [0.2, 0.25) is 0 Å². The number of carbonyl (C=O) groups excluding carboxylic acids is 3. The van der Waals surface area contributed by atoms with E-state index in [2.05, 4.69) is 57.5 Å². The first-order chi connectivity index (χ1) is 25.6. The third-order valence-corrected chi connectivity index (χ3v) is 15.5. The van der Waals surface area contributed by atoms with Crippen LogP contribution in [0.5, 0.6) is 0 Å². The summed E-state index contributed by atoms with van der Waals surface area (Å²) in [6.07, 6.45) is 17.5. The molecule has 2 aromatic carbocycles. The molecule has 0 aliphatic heterocycles. The van der Waals surface area contributed by atoms with E-state index in [1.54, 1.807) is 18.2 Å². The molecule has 9 unspecified atom stereocenters. The molecule has 0 heterocycles. The van der Waals surface area contributed by atoms with E-state index in [4.69, 9.17) is 4.79 Å². The number of Topliss-reactive ketones (excluding diaryl/α,β-unsaturated/α-hetero) is 1. The van der Waals surface area contributed by atoms with Gasteiger partial charge < -0.3 is 16.2 Å². The number of amides is 2. The van der Waals surface area contributed by atoms with Crippen molar-refractivity contribution in [1.29, 1.82) is 0 Å². The summed E-state index contributed by atoms with van der Waals surface area (Å²) in [6.45, 7) is 17.1. The third kappa shape index (κ3) is 7.86. The molecular formula is C47H67FN2O4. The lowest BCUT2D eigenvalue weighted by Crippen LogP contribution is -2.63. The second-order valence-corrected chi connectivity index (χ2v) is 18.6. The highest BCUT2D eigenvalue weighted by molar-refractivity contribution is 5.95. The van der Waals surface area contributed by atoms with Crippen LogP contribution in [-0.2, 0) is 17.6 Å². The summed E-state index contributed by atoms with van der Waals surface area (Å²) >= 11 is 0. The average molecular weight is 743 g/mol. The summed E-state index contributed by atoms with van der Waals surface area (Å²) in [5.41, 5.74) is 8.18. The van der Waals surface area contributed by atoms with Crippen molar-refractivity contribution in [2.24, 2.45) is 57.0 Å². The second-order valence-electron chi connectivity index (χ2n) is 18.6. The van der Waals surface area contributed by atoms with Gasteiger partial charge in [-0.1, -0.05) is 58.4 Å².